The van der Waals surface area contributed by atoms with E-state index in [1.165, 1.54) is 11.3 Å². The van der Waals surface area contributed by atoms with Crippen LogP contribution in [0.4, 0.5) is 5.69 Å². The number of hydrogen-bond acceptors (Lipinski definition) is 4. The number of carbonyl (C=O) groups is 2. The fourth-order valence-corrected chi connectivity index (χ4v) is 4.46. The Bertz CT molecular complexity index is 1190. The van der Waals surface area contributed by atoms with E-state index in [2.05, 4.69) is 32.7 Å². The fraction of sp³-hybridized carbons (Fsp3) is 0.231. The molecule has 2 heterocycles. The van der Waals surface area contributed by atoms with Crippen molar-refractivity contribution in [2.45, 2.75) is 18.9 Å². The second kappa shape index (κ2) is 10.8. The minimum Gasteiger partial charge on any atom is -0.375 e. The van der Waals surface area contributed by atoms with Crippen LogP contribution < -0.4 is 15.5 Å². The normalized spacial score (nSPS) is 11.8. The third-order valence-electron chi connectivity index (χ3n) is 5.63. The molecule has 2 aromatic carbocycles. The molecule has 170 valence electrons. The first-order valence-corrected chi connectivity index (χ1v) is 11.9. The summed E-state index contributed by atoms with van der Waals surface area (Å²) < 4.78 is 0. The number of nitrogens with one attached hydrogen (secondary N) is 3. The number of amides is 2. The summed E-state index contributed by atoms with van der Waals surface area (Å²) in [6.07, 6.45) is 3.13. The Morgan fingerprint density at radius 1 is 1.03 bits per heavy atom. The second-order valence-corrected chi connectivity index (χ2v) is 8.92. The van der Waals surface area contributed by atoms with Gasteiger partial charge in [-0.1, -0.05) is 42.5 Å². The molecule has 0 aliphatic heterocycles. The summed E-state index contributed by atoms with van der Waals surface area (Å²) >= 11 is 1.36. The maximum atomic E-state index is 13.1. The maximum absolute atomic E-state index is 13.1. The highest BCUT2D eigenvalue weighted by molar-refractivity contribution is 7.12. The van der Waals surface area contributed by atoms with Gasteiger partial charge >= 0.3 is 0 Å². The molecule has 0 saturated heterocycles. The number of anilines is 1. The first-order chi connectivity index (χ1) is 16.1. The highest BCUT2D eigenvalue weighted by atomic mass is 32.1. The van der Waals surface area contributed by atoms with Crippen molar-refractivity contribution >= 4 is 39.7 Å². The molecular weight excluding hydrogens is 432 g/mol. The Morgan fingerprint density at radius 2 is 1.82 bits per heavy atom. The summed E-state index contributed by atoms with van der Waals surface area (Å²) in [6, 6.07) is 21.1. The van der Waals surface area contributed by atoms with Crippen molar-refractivity contribution < 1.29 is 9.59 Å². The van der Waals surface area contributed by atoms with Crippen molar-refractivity contribution in [2.75, 3.05) is 25.0 Å². The number of aromatic amines is 1. The number of aromatic nitrogens is 1. The van der Waals surface area contributed by atoms with Gasteiger partial charge in [0.05, 0.1) is 4.88 Å². The first kappa shape index (κ1) is 22.6. The van der Waals surface area contributed by atoms with E-state index in [9.17, 15) is 9.59 Å². The number of thiophene rings is 1. The van der Waals surface area contributed by atoms with Crippen LogP contribution in [0.1, 0.15) is 21.7 Å². The predicted octanol–water partition coefficient (Wildman–Crippen LogP) is 4.21. The van der Waals surface area contributed by atoms with E-state index in [0.717, 1.165) is 35.1 Å². The van der Waals surface area contributed by atoms with Crippen LogP contribution in [0.25, 0.3) is 10.9 Å². The van der Waals surface area contributed by atoms with Crippen molar-refractivity contribution in [3.63, 3.8) is 0 Å². The summed E-state index contributed by atoms with van der Waals surface area (Å²) in [6.45, 7) is 1.36. The Labute approximate surface area is 197 Å². The van der Waals surface area contributed by atoms with Gasteiger partial charge in [-0.25, -0.2) is 0 Å². The molecule has 3 N–H and O–H groups in total. The van der Waals surface area contributed by atoms with Crippen LogP contribution in [0.15, 0.2) is 78.3 Å². The van der Waals surface area contributed by atoms with Crippen molar-refractivity contribution in [1.29, 1.82) is 0 Å². The topological polar surface area (TPSA) is 77.2 Å². The van der Waals surface area contributed by atoms with Crippen LogP contribution >= 0.6 is 11.3 Å². The zero-order chi connectivity index (χ0) is 23.0. The molecule has 0 aliphatic carbocycles. The lowest BCUT2D eigenvalue weighted by Gasteiger charge is -2.21. The summed E-state index contributed by atoms with van der Waals surface area (Å²) in [4.78, 5) is 31.8. The Balaban J connectivity index is 1.38. The molecule has 4 rings (SSSR count). The highest BCUT2D eigenvalue weighted by Crippen LogP contribution is 2.19. The zero-order valence-corrected chi connectivity index (χ0v) is 19.4. The van der Waals surface area contributed by atoms with Gasteiger partial charge in [-0.2, -0.15) is 0 Å². The van der Waals surface area contributed by atoms with Crippen LogP contribution in [-0.4, -0.2) is 43.0 Å². The van der Waals surface area contributed by atoms with E-state index in [4.69, 9.17) is 0 Å². The molecule has 1 atom stereocenters. The van der Waals surface area contributed by atoms with E-state index in [0.29, 0.717) is 17.8 Å². The van der Waals surface area contributed by atoms with Gasteiger partial charge in [0, 0.05) is 49.3 Å². The van der Waals surface area contributed by atoms with Gasteiger partial charge < -0.3 is 20.5 Å². The molecular formula is C26H28N4O2S. The number of benzene rings is 2. The molecule has 33 heavy (non-hydrogen) atoms. The van der Waals surface area contributed by atoms with Gasteiger partial charge in [0.25, 0.3) is 5.91 Å². The van der Waals surface area contributed by atoms with E-state index in [-0.39, 0.29) is 11.8 Å². The molecule has 0 unspecified atom stereocenters. The zero-order valence-electron chi connectivity index (χ0n) is 18.6. The molecule has 2 amide bonds. The number of carbonyl (C=O) groups excluding carboxylic acids is 2. The molecule has 0 fully saturated rings. The van der Waals surface area contributed by atoms with E-state index >= 15 is 0 Å². The van der Waals surface area contributed by atoms with Crippen LogP contribution in [0.5, 0.6) is 0 Å². The monoisotopic (exact) mass is 460 g/mol. The van der Waals surface area contributed by atoms with Crippen LogP contribution in [0.3, 0.4) is 0 Å². The van der Waals surface area contributed by atoms with E-state index < -0.39 is 6.04 Å². The van der Waals surface area contributed by atoms with Crippen LogP contribution in [0, 0.1) is 0 Å². The Hall–Kier alpha value is -3.58. The molecule has 7 heteroatoms. The third-order valence-corrected chi connectivity index (χ3v) is 6.50. The maximum Gasteiger partial charge on any atom is 0.262 e. The number of hydrogen-bond donors (Lipinski definition) is 3. The summed E-state index contributed by atoms with van der Waals surface area (Å²) in [5, 5.41) is 8.86. The Morgan fingerprint density at radius 3 is 2.61 bits per heavy atom. The van der Waals surface area contributed by atoms with Crippen molar-refractivity contribution in [3.05, 3.63) is 88.7 Å². The number of para-hydroxylation sites is 2. The van der Waals surface area contributed by atoms with Gasteiger partial charge in [0.1, 0.15) is 6.04 Å². The lowest BCUT2D eigenvalue weighted by molar-refractivity contribution is -0.122. The van der Waals surface area contributed by atoms with Gasteiger partial charge in [-0.3, -0.25) is 9.59 Å². The average Bonchev–Trinajstić information content (AvgIpc) is 3.52. The molecule has 6 nitrogen and oxygen atoms in total. The number of nitrogens with zero attached hydrogens (tertiary/aromatic N) is 1. The standard InChI is InChI=1S/C26H28N4O2S/c1-30(20-9-3-2-4-10-20)15-8-14-27-25(31)23(29-26(32)24-13-7-16-33-24)17-19-18-28-22-12-6-5-11-21(19)22/h2-7,9-13,16,18,23,28H,8,14-15,17H2,1H3,(H,27,31)(H,29,32)/t23-/m0/s1. The van der Waals surface area contributed by atoms with Gasteiger partial charge in [0.15, 0.2) is 0 Å². The minimum absolute atomic E-state index is 0.174. The quantitative estimate of drug-likeness (QED) is 0.310. The molecule has 0 saturated carbocycles. The van der Waals surface area contributed by atoms with E-state index in [1.54, 1.807) is 6.07 Å². The third kappa shape index (κ3) is 5.81. The van der Waals surface area contributed by atoms with E-state index in [1.807, 2.05) is 67.2 Å². The average molecular weight is 461 g/mol. The number of fused-ring (bicyclic) bond motifs is 1. The lowest BCUT2D eigenvalue weighted by atomic mass is 10.0. The van der Waals surface area contributed by atoms with Gasteiger partial charge in [0.2, 0.25) is 5.91 Å². The smallest absolute Gasteiger partial charge is 0.262 e. The second-order valence-electron chi connectivity index (χ2n) is 7.97. The largest absolute Gasteiger partial charge is 0.375 e. The Kier molecular flexibility index (Phi) is 7.42. The molecule has 2 aromatic heterocycles. The highest BCUT2D eigenvalue weighted by Gasteiger charge is 2.23. The summed E-state index contributed by atoms with van der Waals surface area (Å²) in [5.41, 5.74) is 3.16. The lowest BCUT2D eigenvalue weighted by Crippen LogP contribution is -2.48. The SMILES string of the molecule is CN(CCCNC(=O)[C@H](Cc1c[nH]c2ccccc12)NC(=O)c1cccs1)c1ccccc1. The van der Waals surface area contributed by atoms with Crippen molar-refractivity contribution in [1.82, 2.24) is 15.6 Å². The van der Waals surface area contributed by atoms with Crippen molar-refractivity contribution in [2.24, 2.45) is 0 Å². The van der Waals surface area contributed by atoms with Gasteiger partial charge in [-0.05, 0) is 41.6 Å². The number of H-pyrrole nitrogens is 1. The molecule has 0 radical (unpaired) electrons. The summed E-state index contributed by atoms with van der Waals surface area (Å²) in [7, 11) is 2.04. The minimum atomic E-state index is -0.661. The molecule has 0 aliphatic rings. The van der Waals surface area contributed by atoms with Crippen molar-refractivity contribution in [3.8, 4) is 0 Å². The van der Waals surface area contributed by atoms with Crippen LogP contribution in [0.2, 0.25) is 0 Å². The first-order valence-electron chi connectivity index (χ1n) is 11.0. The predicted molar refractivity (Wildman–Crippen MR) is 135 cm³/mol. The fourth-order valence-electron chi connectivity index (χ4n) is 3.83. The molecule has 4 aromatic rings. The molecule has 0 spiro atoms. The molecule has 0 bridgehead atoms. The number of rotatable bonds is 10. The van der Waals surface area contributed by atoms with Gasteiger partial charge in [-0.15, -0.1) is 11.3 Å². The van der Waals surface area contributed by atoms with Crippen LogP contribution in [-0.2, 0) is 11.2 Å². The summed E-state index contributed by atoms with van der Waals surface area (Å²) in [5.74, 6) is -0.402.